The second kappa shape index (κ2) is 3.18. The molecule has 0 spiro atoms. The van der Waals surface area contributed by atoms with Gasteiger partial charge in [0.15, 0.2) is 0 Å². The van der Waals surface area contributed by atoms with Gasteiger partial charge in [-0.05, 0) is 19.3 Å². The van der Waals surface area contributed by atoms with Crippen molar-refractivity contribution in [2.75, 3.05) is 0 Å². The average molecular weight is 130 g/mol. The van der Waals surface area contributed by atoms with Crippen LogP contribution in [0.2, 0.25) is 0 Å². The molecule has 1 rings (SSSR count). The fourth-order valence-electron chi connectivity index (χ4n) is 1.31. The summed E-state index contributed by atoms with van der Waals surface area (Å²) in [5.74, 6) is 0. The largest absolute Gasteiger partial charge is 0.393 e. The van der Waals surface area contributed by atoms with Crippen LogP contribution in [0.1, 0.15) is 32.1 Å². The van der Waals surface area contributed by atoms with Crippen molar-refractivity contribution in [1.29, 1.82) is 0 Å². The number of hydrogen-bond acceptors (Lipinski definition) is 2. The van der Waals surface area contributed by atoms with Crippen molar-refractivity contribution in [1.82, 2.24) is 0 Å². The van der Waals surface area contributed by atoms with Gasteiger partial charge in [0.25, 0.3) is 0 Å². The Balaban J connectivity index is 2.29. The van der Waals surface area contributed by atoms with Crippen LogP contribution in [-0.2, 0) is 0 Å². The van der Waals surface area contributed by atoms with Crippen LogP contribution >= 0.6 is 0 Å². The van der Waals surface area contributed by atoms with E-state index in [-0.39, 0.29) is 12.2 Å². The van der Waals surface area contributed by atoms with Gasteiger partial charge in [-0.25, -0.2) is 0 Å². The van der Waals surface area contributed by atoms with Gasteiger partial charge < -0.3 is 10.2 Å². The Morgan fingerprint density at radius 1 is 0.889 bits per heavy atom. The van der Waals surface area contributed by atoms with Gasteiger partial charge in [-0.1, -0.05) is 12.8 Å². The maximum Gasteiger partial charge on any atom is 0.0564 e. The highest BCUT2D eigenvalue weighted by Crippen LogP contribution is 2.17. The average Bonchev–Trinajstić information content (AvgIpc) is 1.93. The van der Waals surface area contributed by atoms with Gasteiger partial charge in [0.05, 0.1) is 12.2 Å². The fourth-order valence-corrected chi connectivity index (χ4v) is 1.31. The predicted octanol–water partition coefficient (Wildman–Crippen LogP) is 0.672. The SMILES string of the molecule is O[C@H]1CCCC[C@H](O)C1. The van der Waals surface area contributed by atoms with E-state index < -0.39 is 0 Å². The standard InChI is InChI=1S/C7H14O2/c8-6-3-1-2-4-7(9)5-6/h6-9H,1-5H2/t6-,7-/m0/s1. The van der Waals surface area contributed by atoms with Crippen LogP contribution in [0.3, 0.4) is 0 Å². The van der Waals surface area contributed by atoms with E-state index in [1.54, 1.807) is 0 Å². The molecule has 1 aliphatic carbocycles. The molecule has 0 aromatic rings. The maximum absolute atomic E-state index is 9.10. The van der Waals surface area contributed by atoms with Crippen LogP contribution in [0, 0.1) is 0 Å². The molecule has 0 radical (unpaired) electrons. The molecule has 0 aromatic heterocycles. The molecule has 2 heteroatoms. The molecule has 0 aliphatic heterocycles. The van der Waals surface area contributed by atoms with Gasteiger partial charge in [0, 0.05) is 0 Å². The molecule has 54 valence electrons. The van der Waals surface area contributed by atoms with Crippen molar-refractivity contribution in [3.8, 4) is 0 Å². The number of rotatable bonds is 0. The Hall–Kier alpha value is -0.0800. The van der Waals surface area contributed by atoms with Gasteiger partial charge in [-0.3, -0.25) is 0 Å². The monoisotopic (exact) mass is 130 g/mol. The van der Waals surface area contributed by atoms with Crippen LogP contribution in [0.15, 0.2) is 0 Å². The van der Waals surface area contributed by atoms with E-state index in [0.29, 0.717) is 6.42 Å². The minimum Gasteiger partial charge on any atom is -0.393 e. The summed E-state index contributed by atoms with van der Waals surface area (Å²) in [6, 6.07) is 0. The first-order valence-corrected chi connectivity index (χ1v) is 3.65. The normalized spacial score (nSPS) is 38.0. The van der Waals surface area contributed by atoms with Crippen molar-refractivity contribution >= 4 is 0 Å². The highest BCUT2D eigenvalue weighted by atomic mass is 16.3. The van der Waals surface area contributed by atoms with Crippen molar-refractivity contribution in [2.24, 2.45) is 0 Å². The molecule has 0 bridgehead atoms. The third-order valence-corrected chi connectivity index (χ3v) is 1.87. The van der Waals surface area contributed by atoms with Gasteiger partial charge in [-0.2, -0.15) is 0 Å². The topological polar surface area (TPSA) is 40.5 Å². The zero-order valence-corrected chi connectivity index (χ0v) is 5.58. The quantitative estimate of drug-likeness (QED) is 0.473. The summed E-state index contributed by atoms with van der Waals surface area (Å²) >= 11 is 0. The summed E-state index contributed by atoms with van der Waals surface area (Å²) < 4.78 is 0. The molecule has 1 aliphatic rings. The molecule has 0 unspecified atom stereocenters. The third-order valence-electron chi connectivity index (χ3n) is 1.87. The molecular weight excluding hydrogens is 116 g/mol. The molecule has 2 nitrogen and oxygen atoms in total. The Morgan fingerprint density at radius 2 is 1.33 bits per heavy atom. The van der Waals surface area contributed by atoms with E-state index in [2.05, 4.69) is 0 Å². The highest BCUT2D eigenvalue weighted by molar-refractivity contribution is 4.68. The van der Waals surface area contributed by atoms with E-state index in [9.17, 15) is 0 Å². The molecular formula is C7H14O2. The lowest BCUT2D eigenvalue weighted by atomic mass is 10.1. The molecule has 2 N–H and O–H groups in total. The minimum atomic E-state index is -0.248. The zero-order valence-electron chi connectivity index (χ0n) is 5.58. The Labute approximate surface area is 55.5 Å². The molecule has 0 aromatic carbocycles. The van der Waals surface area contributed by atoms with Gasteiger partial charge in [0.1, 0.15) is 0 Å². The fraction of sp³-hybridized carbons (Fsp3) is 1.00. The summed E-state index contributed by atoms with van der Waals surface area (Å²) in [5.41, 5.74) is 0. The summed E-state index contributed by atoms with van der Waals surface area (Å²) in [5, 5.41) is 18.2. The molecule has 9 heavy (non-hydrogen) atoms. The van der Waals surface area contributed by atoms with Gasteiger partial charge in [-0.15, -0.1) is 0 Å². The van der Waals surface area contributed by atoms with Crippen LogP contribution < -0.4 is 0 Å². The molecule has 0 amide bonds. The smallest absolute Gasteiger partial charge is 0.0564 e. The van der Waals surface area contributed by atoms with Gasteiger partial charge >= 0.3 is 0 Å². The van der Waals surface area contributed by atoms with E-state index in [1.807, 2.05) is 0 Å². The van der Waals surface area contributed by atoms with Crippen LogP contribution in [0.5, 0.6) is 0 Å². The minimum absolute atomic E-state index is 0.248. The lowest BCUT2D eigenvalue weighted by molar-refractivity contribution is 0.0848. The third kappa shape index (κ3) is 2.33. The van der Waals surface area contributed by atoms with Crippen LogP contribution in [-0.4, -0.2) is 22.4 Å². The first kappa shape index (κ1) is 7.03. The summed E-state index contributed by atoms with van der Waals surface area (Å²) in [6.45, 7) is 0. The molecule has 0 saturated heterocycles. The van der Waals surface area contributed by atoms with E-state index in [0.717, 1.165) is 25.7 Å². The zero-order chi connectivity index (χ0) is 6.69. The molecule has 2 atom stereocenters. The van der Waals surface area contributed by atoms with E-state index in [1.165, 1.54) is 0 Å². The van der Waals surface area contributed by atoms with E-state index >= 15 is 0 Å². The predicted molar refractivity (Wildman–Crippen MR) is 35.1 cm³/mol. The van der Waals surface area contributed by atoms with Crippen molar-refractivity contribution in [2.45, 2.75) is 44.3 Å². The maximum atomic E-state index is 9.10. The van der Waals surface area contributed by atoms with Crippen molar-refractivity contribution < 1.29 is 10.2 Å². The van der Waals surface area contributed by atoms with E-state index in [4.69, 9.17) is 10.2 Å². The van der Waals surface area contributed by atoms with Crippen LogP contribution in [0.4, 0.5) is 0 Å². The summed E-state index contributed by atoms with van der Waals surface area (Å²) in [6.07, 6.45) is 3.97. The summed E-state index contributed by atoms with van der Waals surface area (Å²) in [4.78, 5) is 0. The first-order valence-electron chi connectivity index (χ1n) is 3.65. The van der Waals surface area contributed by atoms with Crippen molar-refractivity contribution in [3.05, 3.63) is 0 Å². The number of aliphatic hydroxyl groups is 2. The lowest BCUT2D eigenvalue weighted by Crippen LogP contribution is -2.13. The van der Waals surface area contributed by atoms with Crippen LogP contribution in [0.25, 0.3) is 0 Å². The molecule has 1 saturated carbocycles. The molecule has 0 heterocycles. The Kier molecular flexibility index (Phi) is 2.49. The molecule has 1 fully saturated rings. The van der Waals surface area contributed by atoms with Gasteiger partial charge in [0.2, 0.25) is 0 Å². The summed E-state index contributed by atoms with van der Waals surface area (Å²) in [7, 11) is 0. The Morgan fingerprint density at radius 3 is 1.78 bits per heavy atom. The number of aliphatic hydroxyl groups excluding tert-OH is 2. The second-order valence-electron chi connectivity index (χ2n) is 2.83. The number of hydrogen-bond donors (Lipinski definition) is 2. The first-order chi connectivity index (χ1) is 4.29. The Bertz CT molecular complexity index is 73.0. The second-order valence-corrected chi connectivity index (χ2v) is 2.83. The lowest BCUT2D eigenvalue weighted by Gasteiger charge is -2.08. The highest BCUT2D eigenvalue weighted by Gasteiger charge is 2.14. The van der Waals surface area contributed by atoms with Crippen molar-refractivity contribution in [3.63, 3.8) is 0 Å².